The van der Waals surface area contributed by atoms with Gasteiger partial charge in [0.25, 0.3) is 11.8 Å². The second kappa shape index (κ2) is 16.9. The van der Waals surface area contributed by atoms with E-state index in [-0.39, 0.29) is 35.3 Å². The molecule has 4 heterocycles. The van der Waals surface area contributed by atoms with Gasteiger partial charge >= 0.3 is 0 Å². The third-order valence-corrected chi connectivity index (χ3v) is 9.34. The van der Waals surface area contributed by atoms with Crippen molar-refractivity contribution in [3.05, 3.63) is 119 Å². The molecule has 0 spiro atoms. The second-order valence-corrected chi connectivity index (χ2v) is 12.8. The van der Waals surface area contributed by atoms with Crippen molar-refractivity contribution in [3.63, 3.8) is 0 Å². The van der Waals surface area contributed by atoms with E-state index >= 15 is 0 Å². The number of amides is 2. The fourth-order valence-corrected chi connectivity index (χ4v) is 6.70. The number of benzene rings is 1. The molecule has 50 heavy (non-hydrogen) atoms. The van der Waals surface area contributed by atoms with Crippen LogP contribution in [-0.2, 0) is 22.6 Å². The van der Waals surface area contributed by atoms with Crippen LogP contribution < -0.4 is 0 Å². The molecule has 0 radical (unpaired) electrons. The summed E-state index contributed by atoms with van der Waals surface area (Å²) < 4.78 is 8.25. The summed E-state index contributed by atoms with van der Waals surface area (Å²) in [6.45, 7) is 8.09. The number of hydrogen-bond donors (Lipinski definition) is 3. The number of nitrogens with zero attached hydrogens (tertiary/aromatic N) is 5. The number of allylic oxidation sites excluding steroid dienone is 1. The zero-order valence-corrected chi connectivity index (χ0v) is 29.1. The van der Waals surface area contributed by atoms with Crippen LogP contribution >= 0.6 is 0 Å². The lowest BCUT2D eigenvalue weighted by Crippen LogP contribution is -2.36. The summed E-state index contributed by atoms with van der Waals surface area (Å²) in [4.78, 5) is 35.2. The minimum absolute atomic E-state index is 0.0865. The molecular formula is C39H48N6O5. The maximum absolute atomic E-state index is 13.0. The maximum Gasteiger partial charge on any atom is 0.289 e. The van der Waals surface area contributed by atoms with Gasteiger partial charge in [-0.2, -0.15) is 0 Å². The van der Waals surface area contributed by atoms with Gasteiger partial charge in [-0.25, -0.2) is 4.98 Å². The van der Waals surface area contributed by atoms with E-state index < -0.39 is 6.04 Å². The molecule has 0 bridgehead atoms. The van der Waals surface area contributed by atoms with Crippen LogP contribution in [0.3, 0.4) is 0 Å². The molecule has 2 amide bonds. The van der Waals surface area contributed by atoms with E-state index in [1.807, 2.05) is 91.5 Å². The fourth-order valence-electron chi connectivity index (χ4n) is 6.70. The summed E-state index contributed by atoms with van der Waals surface area (Å²) in [7, 11) is 0. The highest BCUT2D eigenvalue weighted by atomic mass is 16.3. The number of furan rings is 1. The van der Waals surface area contributed by atoms with Gasteiger partial charge in [-0.15, -0.1) is 0 Å². The number of carbonyl (C=O) groups is 2. The number of carbonyl (C=O) groups excluding carboxylic acids is 2. The Labute approximate surface area is 294 Å². The Bertz CT molecular complexity index is 1740. The number of aryl methyl sites for hydroxylation is 1. The van der Waals surface area contributed by atoms with Gasteiger partial charge in [0.2, 0.25) is 0 Å². The largest absolute Gasteiger partial charge is 0.503 e. The Morgan fingerprint density at radius 2 is 1.68 bits per heavy atom. The van der Waals surface area contributed by atoms with Gasteiger partial charge < -0.3 is 33.9 Å². The lowest BCUT2D eigenvalue weighted by Gasteiger charge is -2.25. The topological polar surface area (TPSA) is 139 Å². The first-order valence-corrected chi connectivity index (χ1v) is 17.4. The van der Waals surface area contributed by atoms with Gasteiger partial charge in [-0.05, 0) is 49.3 Å². The average Bonchev–Trinajstić information content (AvgIpc) is 3.91. The Balaban J connectivity index is 1.15. The SMILES string of the molecule is CCC1=C(O)C(=O)N(CCCN(C=N)/C=C\C(C)Cc2ccc(C3C(CC)=C(O)C(=O)N3CCCn3ccnc3)o2)C1/C=C/c1ccccc1. The van der Waals surface area contributed by atoms with Crippen LogP contribution in [0.2, 0.25) is 0 Å². The number of aliphatic hydroxyl groups excluding tert-OH is 2. The van der Waals surface area contributed by atoms with Gasteiger partial charge in [0.05, 0.1) is 18.7 Å². The zero-order valence-electron chi connectivity index (χ0n) is 29.1. The standard InChI is InChI=1S/C39H48N6O5/c1-4-31-33(15-13-29-11-7-6-8-12-29)44(38(48)36(31)46)21-9-19-42(26-40)23-17-28(3)25-30-14-16-34(50-30)35-32(5-2)37(47)39(49)45(35)22-10-20-43-24-18-41-27-43/h6-8,11-18,23-24,26-28,33,35,40,46-47H,4-5,9-10,19-22,25H2,1-3H3/b15-13+,23-17-,40-26?. The summed E-state index contributed by atoms with van der Waals surface area (Å²) in [6.07, 6.45) is 17.5. The van der Waals surface area contributed by atoms with Crippen molar-refractivity contribution in [2.24, 2.45) is 5.92 Å². The Hall–Kier alpha value is -5.32. The Morgan fingerprint density at radius 1 is 0.960 bits per heavy atom. The molecule has 264 valence electrons. The minimum Gasteiger partial charge on any atom is -0.503 e. The van der Waals surface area contributed by atoms with Crippen molar-refractivity contribution in [2.75, 3.05) is 19.6 Å². The van der Waals surface area contributed by atoms with Crippen LogP contribution in [0.1, 0.15) is 69.6 Å². The number of aliphatic hydroxyl groups is 2. The van der Waals surface area contributed by atoms with Gasteiger partial charge in [0.15, 0.2) is 11.5 Å². The first-order chi connectivity index (χ1) is 24.2. The van der Waals surface area contributed by atoms with E-state index in [4.69, 9.17) is 9.83 Å². The number of aromatic nitrogens is 2. The first-order valence-electron chi connectivity index (χ1n) is 17.4. The smallest absolute Gasteiger partial charge is 0.289 e. The van der Waals surface area contributed by atoms with Crippen molar-refractivity contribution >= 4 is 24.2 Å². The highest BCUT2D eigenvalue weighted by molar-refractivity contribution is 5.96. The third kappa shape index (κ3) is 8.27. The van der Waals surface area contributed by atoms with Crippen LogP contribution in [0.5, 0.6) is 0 Å². The molecule has 5 rings (SSSR count). The van der Waals surface area contributed by atoms with Crippen LogP contribution in [0.25, 0.3) is 6.08 Å². The number of nitrogens with one attached hydrogen (secondary N) is 1. The molecule has 0 saturated carbocycles. The molecule has 3 atom stereocenters. The van der Waals surface area contributed by atoms with E-state index in [2.05, 4.69) is 11.9 Å². The summed E-state index contributed by atoms with van der Waals surface area (Å²) >= 11 is 0. The lowest BCUT2D eigenvalue weighted by molar-refractivity contribution is -0.130. The summed E-state index contributed by atoms with van der Waals surface area (Å²) in [6, 6.07) is 12.9. The van der Waals surface area contributed by atoms with Crippen LogP contribution in [-0.4, -0.2) is 78.3 Å². The van der Waals surface area contributed by atoms with Crippen molar-refractivity contribution in [1.82, 2.24) is 24.3 Å². The van der Waals surface area contributed by atoms with Crippen molar-refractivity contribution < 1.29 is 24.2 Å². The lowest BCUT2D eigenvalue weighted by atomic mass is 10.0. The Morgan fingerprint density at radius 3 is 2.38 bits per heavy atom. The van der Waals surface area contributed by atoms with Crippen molar-refractivity contribution in [3.8, 4) is 0 Å². The average molecular weight is 681 g/mol. The molecular weight excluding hydrogens is 632 g/mol. The normalized spacial score (nSPS) is 18.9. The van der Waals surface area contributed by atoms with E-state index in [9.17, 15) is 19.8 Å². The molecule has 0 fully saturated rings. The second-order valence-electron chi connectivity index (χ2n) is 12.8. The zero-order chi connectivity index (χ0) is 35.6. The predicted octanol–water partition coefficient (Wildman–Crippen LogP) is 6.81. The van der Waals surface area contributed by atoms with Crippen LogP contribution in [0, 0.1) is 11.3 Å². The molecule has 3 N–H and O–H groups in total. The molecule has 1 aromatic carbocycles. The highest BCUT2D eigenvalue weighted by Crippen LogP contribution is 2.39. The molecule has 3 aromatic rings. The number of hydrogen-bond acceptors (Lipinski definition) is 7. The van der Waals surface area contributed by atoms with Gasteiger partial charge in [0, 0.05) is 62.3 Å². The summed E-state index contributed by atoms with van der Waals surface area (Å²) in [5.74, 6) is 0.416. The van der Waals surface area contributed by atoms with E-state index in [0.717, 1.165) is 16.9 Å². The molecule has 11 nitrogen and oxygen atoms in total. The maximum atomic E-state index is 13.0. The summed E-state index contributed by atoms with van der Waals surface area (Å²) in [5, 5.41) is 29.2. The van der Waals surface area contributed by atoms with E-state index in [1.54, 1.807) is 27.2 Å². The van der Waals surface area contributed by atoms with Crippen molar-refractivity contribution in [2.45, 2.75) is 71.5 Å². The van der Waals surface area contributed by atoms with E-state index in [1.165, 1.54) is 6.34 Å². The quantitative estimate of drug-likeness (QED) is 0.0991. The third-order valence-electron chi connectivity index (χ3n) is 9.34. The molecule has 0 aliphatic carbocycles. The van der Waals surface area contributed by atoms with Crippen LogP contribution in [0.15, 0.2) is 107 Å². The molecule has 2 aliphatic rings. The minimum atomic E-state index is -0.440. The molecule has 2 aromatic heterocycles. The van der Waals surface area contributed by atoms with Gasteiger partial charge in [-0.1, -0.05) is 69.3 Å². The number of rotatable bonds is 18. The number of imidazole rings is 1. The fraction of sp³-hybridized carbons (Fsp3) is 0.385. The summed E-state index contributed by atoms with van der Waals surface area (Å²) in [5.41, 5.74) is 2.41. The molecule has 2 aliphatic heterocycles. The van der Waals surface area contributed by atoms with Crippen molar-refractivity contribution in [1.29, 1.82) is 5.41 Å². The van der Waals surface area contributed by atoms with Gasteiger partial charge in [0.1, 0.15) is 17.6 Å². The highest BCUT2D eigenvalue weighted by Gasteiger charge is 2.41. The van der Waals surface area contributed by atoms with E-state index in [0.29, 0.717) is 69.6 Å². The first kappa shape index (κ1) is 36.0. The molecule has 11 heteroatoms. The Kier molecular flexibility index (Phi) is 12.1. The molecule has 3 unspecified atom stereocenters. The molecule has 0 saturated heterocycles. The monoisotopic (exact) mass is 680 g/mol. The predicted molar refractivity (Wildman–Crippen MR) is 193 cm³/mol. The van der Waals surface area contributed by atoms with Gasteiger partial charge in [-0.3, -0.25) is 15.0 Å². The van der Waals surface area contributed by atoms with Crippen LogP contribution in [0.4, 0.5) is 0 Å².